The number of benzene rings is 8. The minimum absolute atomic E-state index is 0.215. The Labute approximate surface area is 276 Å². The minimum Gasteiger partial charge on any atom is -0.0795 e. The molecule has 0 aromatic heterocycles. The highest BCUT2D eigenvalue weighted by Crippen LogP contribution is 2.53. The molecule has 0 heteroatoms. The van der Waals surface area contributed by atoms with Crippen LogP contribution in [0.5, 0.6) is 0 Å². The molecular weight excluding hydrogens is 565 g/mol. The fourth-order valence-corrected chi connectivity index (χ4v) is 8.31. The van der Waals surface area contributed by atoms with Crippen LogP contribution in [0.1, 0.15) is 34.7 Å². The lowest BCUT2D eigenvalue weighted by molar-refractivity contribution is 0.706. The van der Waals surface area contributed by atoms with Gasteiger partial charge in [0.25, 0.3) is 0 Å². The van der Waals surface area contributed by atoms with Gasteiger partial charge in [0.05, 0.1) is 0 Å². The molecule has 1 unspecified atom stereocenters. The van der Waals surface area contributed by atoms with Gasteiger partial charge in [0, 0.05) is 5.41 Å². The lowest BCUT2D eigenvalue weighted by Crippen LogP contribution is -2.23. The van der Waals surface area contributed by atoms with Gasteiger partial charge in [-0.3, -0.25) is 0 Å². The molecule has 8 aromatic carbocycles. The molecule has 0 bridgehead atoms. The van der Waals surface area contributed by atoms with E-state index >= 15 is 0 Å². The molecule has 0 nitrogen and oxygen atoms in total. The monoisotopic (exact) mass is 598 g/mol. The summed E-state index contributed by atoms with van der Waals surface area (Å²) in [6, 6.07) is 60.1. The van der Waals surface area contributed by atoms with Crippen LogP contribution in [0, 0.1) is 0 Å². The minimum atomic E-state index is -0.215. The molecule has 0 aliphatic heterocycles. The molecule has 1 aliphatic rings. The summed E-state index contributed by atoms with van der Waals surface area (Å²) in [5.41, 5.74) is 11.9. The zero-order chi connectivity index (χ0) is 31.4. The Morgan fingerprint density at radius 2 is 1.17 bits per heavy atom. The lowest BCUT2D eigenvalue weighted by Gasteiger charge is -2.30. The summed E-state index contributed by atoms with van der Waals surface area (Å²) in [4.78, 5) is 0. The van der Waals surface area contributed by atoms with Crippen LogP contribution in [0.15, 0.2) is 170 Å². The van der Waals surface area contributed by atoms with E-state index in [0.717, 1.165) is 6.42 Å². The molecule has 0 heterocycles. The number of rotatable bonds is 5. The van der Waals surface area contributed by atoms with Gasteiger partial charge in [-0.2, -0.15) is 0 Å². The van der Waals surface area contributed by atoms with Gasteiger partial charge in [-0.1, -0.05) is 176 Å². The third-order valence-corrected chi connectivity index (χ3v) is 10.4. The summed E-state index contributed by atoms with van der Waals surface area (Å²) in [6.45, 7) is 2.41. The van der Waals surface area contributed by atoms with Crippen LogP contribution in [-0.2, 0) is 11.8 Å². The Bertz CT molecular complexity index is 2480. The Kier molecular flexibility index (Phi) is 6.44. The maximum Gasteiger partial charge on any atom is 0.0438 e. The third kappa shape index (κ3) is 4.22. The number of allylic oxidation sites excluding steroid dienone is 1. The first-order valence-electron chi connectivity index (χ1n) is 16.6. The van der Waals surface area contributed by atoms with Crippen molar-refractivity contribution in [3.05, 3.63) is 198 Å². The fraction of sp³-hybridized carbons (Fsp3) is 0.0638. The van der Waals surface area contributed by atoms with E-state index in [1.807, 2.05) is 0 Å². The van der Waals surface area contributed by atoms with Gasteiger partial charge in [0.1, 0.15) is 0 Å². The van der Waals surface area contributed by atoms with Crippen LogP contribution >= 0.6 is 0 Å². The van der Waals surface area contributed by atoms with Crippen molar-refractivity contribution in [1.82, 2.24) is 0 Å². The summed E-state index contributed by atoms with van der Waals surface area (Å²) < 4.78 is 0. The molecule has 9 rings (SSSR count). The second kappa shape index (κ2) is 11.0. The van der Waals surface area contributed by atoms with Gasteiger partial charge in [0.2, 0.25) is 0 Å². The Morgan fingerprint density at radius 1 is 0.511 bits per heavy atom. The normalized spacial score (nSPS) is 15.4. The SMILES string of the molecule is CC1(c2ccccc2)c2ccccc2-c2cccc(C/C=C/c3c4ccccc4c(-c4ccccc4)c4c3ccc3ccccc34)c21. The van der Waals surface area contributed by atoms with Gasteiger partial charge in [0.15, 0.2) is 0 Å². The first kappa shape index (κ1) is 27.6. The molecule has 0 saturated heterocycles. The van der Waals surface area contributed by atoms with Crippen molar-refractivity contribution in [3.63, 3.8) is 0 Å². The standard InChI is InChI=1S/C47H34/c1-47(35-21-6-3-7-22-35)43-29-13-12-25-39(43)42-28-15-20-34(46(42)47)19-14-27-38-37-24-10-11-26-40(37)44(33-17-4-2-5-18-33)45-36-23-9-8-16-32(36)30-31-41(38)45/h2-18,20-31H,19H2,1H3/b27-14+. The van der Waals surface area contributed by atoms with E-state index in [1.165, 1.54) is 82.4 Å². The van der Waals surface area contributed by atoms with Crippen molar-refractivity contribution in [2.24, 2.45) is 0 Å². The zero-order valence-corrected chi connectivity index (χ0v) is 26.5. The Morgan fingerprint density at radius 3 is 2.00 bits per heavy atom. The van der Waals surface area contributed by atoms with E-state index in [9.17, 15) is 0 Å². The van der Waals surface area contributed by atoms with Crippen LogP contribution in [0.4, 0.5) is 0 Å². The fourth-order valence-electron chi connectivity index (χ4n) is 8.31. The maximum atomic E-state index is 2.41. The third-order valence-electron chi connectivity index (χ3n) is 10.4. The number of fused-ring (bicyclic) bond motifs is 7. The predicted molar refractivity (Wildman–Crippen MR) is 201 cm³/mol. The molecule has 0 fully saturated rings. The van der Waals surface area contributed by atoms with Gasteiger partial charge in [-0.05, 0) is 95.7 Å². The van der Waals surface area contributed by atoms with E-state index in [-0.39, 0.29) is 5.41 Å². The average Bonchev–Trinajstić information content (AvgIpc) is 3.41. The van der Waals surface area contributed by atoms with Gasteiger partial charge in [-0.25, -0.2) is 0 Å². The highest BCUT2D eigenvalue weighted by atomic mass is 14.4. The van der Waals surface area contributed by atoms with E-state index in [4.69, 9.17) is 0 Å². The molecular formula is C47H34. The Balaban J connectivity index is 1.24. The molecule has 8 aromatic rings. The second-order valence-electron chi connectivity index (χ2n) is 12.9. The van der Waals surface area contributed by atoms with E-state index in [0.29, 0.717) is 0 Å². The molecule has 0 saturated carbocycles. The van der Waals surface area contributed by atoms with Crippen LogP contribution in [0.2, 0.25) is 0 Å². The summed E-state index contributed by atoms with van der Waals surface area (Å²) in [7, 11) is 0. The smallest absolute Gasteiger partial charge is 0.0438 e. The summed E-state index contributed by atoms with van der Waals surface area (Å²) in [5.74, 6) is 0. The highest BCUT2D eigenvalue weighted by Gasteiger charge is 2.41. The lowest BCUT2D eigenvalue weighted by atomic mass is 9.72. The quantitative estimate of drug-likeness (QED) is 0.137. The molecule has 0 radical (unpaired) electrons. The first-order chi connectivity index (χ1) is 23.2. The number of hydrogen-bond acceptors (Lipinski definition) is 0. The van der Waals surface area contributed by atoms with Crippen molar-refractivity contribution in [3.8, 4) is 22.3 Å². The van der Waals surface area contributed by atoms with Crippen molar-refractivity contribution < 1.29 is 0 Å². The van der Waals surface area contributed by atoms with Gasteiger partial charge >= 0.3 is 0 Å². The van der Waals surface area contributed by atoms with E-state index in [2.05, 4.69) is 183 Å². The molecule has 0 spiro atoms. The summed E-state index contributed by atoms with van der Waals surface area (Å²) >= 11 is 0. The molecule has 1 aliphatic carbocycles. The van der Waals surface area contributed by atoms with Crippen molar-refractivity contribution >= 4 is 38.4 Å². The molecule has 1 atom stereocenters. The van der Waals surface area contributed by atoms with Crippen LogP contribution in [0.25, 0.3) is 60.6 Å². The van der Waals surface area contributed by atoms with Gasteiger partial charge < -0.3 is 0 Å². The molecule has 0 amide bonds. The highest BCUT2D eigenvalue weighted by molar-refractivity contribution is 6.25. The molecule has 47 heavy (non-hydrogen) atoms. The molecule has 222 valence electrons. The topological polar surface area (TPSA) is 0 Å². The molecule has 0 N–H and O–H groups in total. The first-order valence-corrected chi connectivity index (χ1v) is 16.6. The van der Waals surface area contributed by atoms with E-state index < -0.39 is 0 Å². The summed E-state index contributed by atoms with van der Waals surface area (Å²) in [5, 5.41) is 7.74. The largest absolute Gasteiger partial charge is 0.0795 e. The maximum absolute atomic E-state index is 2.41. The van der Waals surface area contributed by atoms with Crippen molar-refractivity contribution in [1.29, 1.82) is 0 Å². The second-order valence-corrected chi connectivity index (χ2v) is 12.9. The summed E-state index contributed by atoms with van der Waals surface area (Å²) in [6.07, 6.45) is 5.63. The van der Waals surface area contributed by atoms with Crippen molar-refractivity contribution in [2.75, 3.05) is 0 Å². The van der Waals surface area contributed by atoms with Crippen molar-refractivity contribution in [2.45, 2.75) is 18.8 Å². The van der Waals surface area contributed by atoms with Crippen LogP contribution < -0.4 is 0 Å². The van der Waals surface area contributed by atoms with Crippen LogP contribution in [0.3, 0.4) is 0 Å². The number of hydrogen-bond donors (Lipinski definition) is 0. The zero-order valence-electron chi connectivity index (χ0n) is 26.5. The van der Waals surface area contributed by atoms with Crippen LogP contribution in [-0.4, -0.2) is 0 Å². The van der Waals surface area contributed by atoms with Gasteiger partial charge in [-0.15, -0.1) is 0 Å². The van der Waals surface area contributed by atoms with E-state index in [1.54, 1.807) is 0 Å². The predicted octanol–water partition coefficient (Wildman–Crippen LogP) is 12.4. The average molecular weight is 599 g/mol. The Hall–Kier alpha value is -5.72.